The fraction of sp³-hybridized carbons (Fsp3) is 0.207. The molecule has 6 heteroatoms. The van der Waals surface area contributed by atoms with Gasteiger partial charge in [0, 0.05) is 19.0 Å². The monoisotopic (exact) mass is 463 g/mol. The first-order chi connectivity index (χ1) is 17.1. The smallest absolute Gasteiger partial charge is 0.276 e. The molecule has 0 radical (unpaired) electrons. The molecule has 2 aliphatic rings. The van der Waals surface area contributed by atoms with Gasteiger partial charge in [0.1, 0.15) is 0 Å². The van der Waals surface area contributed by atoms with E-state index in [9.17, 15) is 14.7 Å². The SMILES string of the molecule is O=C1c2c(O)c(=O)cnn2[C@@H](C2c3ccccc3CCc3ccccc32)CN1Cc1ccccc1. The molecule has 0 spiro atoms. The Morgan fingerprint density at radius 2 is 1.43 bits per heavy atom. The largest absolute Gasteiger partial charge is 0.502 e. The Balaban J connectivity index is 1.56. The summed E-state index contributed by atoms with van der Waals surface area (Å²) in [4.78, 5) is 27.6. The van der Waals surface area contributed by atoms with Gasteiger partial charge in [0.15, 0.2) is 11.4 Å². The van der Waals surface area contributed by atoms with Gasteiger partial charge in [0.2, 0.25) is 5.43 Å². The number of aromatic nitrogens is 2. The Morgan fingerprint density at radius 3 is 2.09 bits per heavy atom. The first-order valence-corrected chi connectivity index (χ1v) is 11.9. The minimum absolute atomic E-state index is 0.0381. The number of aryl methyl sites for hydroxylation is 2. The van der Waals surface area contributed by atoms with E-state index in [2.05, 4.69) is 41.5 Å². The van der Waals surface area contributed by atoms with E-state index in [0.717, 1.165) is 24.6 Å². The van der Waals surface area contributed by atoms with Gasteiger partial charge < -0.3 is 10.0 Å². The molecule has 0 fully saturated rings. The molecule has 1 N–H and O–H groups in total. The lowest BCUT2D eigenvalue weighted by Crippen LogP contribution is -2.46. The van der Waals surface area contributed by atoms with Gasteiger partial charge in [0.25, 0.3) is 5.91 Å². The second kappa shape index (κ2) is 8.55. The molecule has 2 heterocycles. The fourth-order valence-electron chi connectivity index (χ4n) is 5.61. The zero-order valence-corrected chi connectivity index (χ0v) is 19.2. The third kappa shape index (κ3) is 3.62. The lowest BCUT2D eigenvalue weighted by Gasteiger charge is -2.39. The van der Waals surface area contributed by atoms with Crippen molar-refractivity contribution in [1.82, 2.24) is 14.7 Å². The second-order valence-electron chi connectivity index (χ2n) is 9.26. The molecule has 0 saturated carbocycles. The number of hydrogen-bond acceptors (Lipinski definition) is 4. The highest BCUT2D eigenvalue weighted by molar-refractivity contribution is 5.95. The minimum Gasteiger partial charge on any atom is -0.502 e. The molecule has 1 atom stereocenters. The van der Waals surface area contributed by atoms with Crippen molar-refractivity contribution in [2.75, 3.05) is 6.54 Å². The molecule has 0 saturated heterocycles. The molecule has 174 valence electrons. The molecule has 1 aromatic heterocycles. The lowest BCUT2D eigenvalue weighted by molar-refractivity contribution is 0.0618. The first kappa shape index (κ1) is 21.4. The molecular weight excluding hydrogens is 438 g/mol. The first-order valence-electron chi connectivity index (χ1n) is 11.9. The zero-order valence-electron chi connectivity index (χ0n) is 19.2. The van der Waals surface area contributed by atoms with Crippen molar-refractivity contribution in [3.05, 3.63) is 129 Å². The molecule has 6 rings (SSSR count). The predicted octanol–water partition coefficient (Wildman–Crippen LogP) is 4.08. The van der Waals surface area contributed by atoms with E-state index in [1.807, 2.05) is 42.5 Å². The number of rotatable bonds is 3. The molecule has 35 heavy (non-hydrogen) atoms. The van der Waals surface area contributed by atoms with Crippen LogP contribution in [-0.2, 0) is 19.4 Å². The fourth-order valence-corrected chi connectivity index (χ4v) is 5.61. The van der Waals surface area contributed by atoms with Crippen LogP contribution < -0.4 is 5.43 Å². The molecule has 0 bridgehead atoms. The predicted molar refractivity (Wildman–Crippen MR) is 133 cm³/mol. The van der Waals surface area contributed by atoms with E-state index in [0.29, 0.717) is 13.1 Å². The van der Waals surface area contributed by atoms with Crippen molar-refractivity contribution in [3.63, 3.8) is 0 Å². The Kier molecular flexibility index (Phi) is 5.21. The summed E-state index contributed by atoms with van der Waals surface area (Å²) in [5.41, 5.74) is 5.24. The molecule has 1 aliphatic carbocycles. The molecule has 1 aliphatic heterocycles. The average Bonchev–Trinajstić information content (AvgIpc) is 3.05. The third-order valence-electron chi connectivity index (χ3n) is 7.24. The second-order valence-corrected chi connectivity index (χ2v) is 9.26. The van der Waals surface area contributed by atoms with Crippen LogP contribution in [-0.4, -0.2) is 32.2 Å². The Bertz CT molecular complexity index is 1430. The van der Waals surface area contributed by atoms with Crippen LogP contribution in [0.2, 0.25) is 0 Å². The van der Waals surface area contributed by atoms with Gasteiger partial charge in [0.05, 0.1) is 12.2 Å². The maximum atomic E-state index is 13.5. The van der Waals surface area contributed by atoms with Crippen molar-refractivity contribution in [2.24, 2.45) is 0 Å². The Morgan fingerprint density at radius 1 is 0.829 bits per heavy atom. The van der Waals surface area contributed by atoms with Crippen LogP contribution in [0, 0.1) is 0 Å². The van der Waals surface area contributed by atoms with E-state index in [1.54, 1.807) is 9.58 Å². The van der Waals surface area contributed by atoms with Gasteiger partial charge >= 0.3 is 0 Å². The van der Waals surface area contributed by atoms with Gasteiger partial charge in [-0.1, -0.05) is 78.9 Å². The summed E-state index contributed by atoms with van der Waals surface area (Å²) >= 11 is 0. The zero-order chi connectivity index (χ0) is 23.9. The summed E-state index contributed by atoms with van der Waals surface area (Å²) in [6.45, 7) is 0.790. The summed E-state index contributed by atoms with van der Waals surface area (Å²) in [7, 11) is 0. The van der Waals surface area contributed by atoms with Crippen LogP contribution in [0.15, 0.2) is 89.9 Å². The topological polar surface area (TPSA) is 75.4 Å². The number of nitrogens with zero attached hydrogens (tertiary/aromatic N) is 3. The van der Waals surface area contributed by atoms with Crippen LogP contribution in [0.3, 0.4) is 0 Å². The highest BCUT2D eigenvalue weighted by atomic mass is 16.3. The summed E-state index contributed by atoms with van der Waals surface area (Å²) in [6, 6.07) is 26.3. The highest BCUT2D eigenvalue weighted by Crippen LogP contribution is 2.43. The van der Waals surface area contributed by atoms with Crippen molar-refractivity contribution < 1.29 is 9.90 Å². The van der Waals surface area contributed by atoms with Crippen molar-refractivity contribution in [3.8, 4) is 5.75 Å². The number of hydrogen-bond donors (Lipinski definition) is 1. The molecule has 4 aromatic rings. The quantitative estimate of drug-likeness (QED) is 0.497. The number of amides is 1. The standard InChI is InChI=1S/C29H25N3O3/c33-25-16-30-32-24(18-31(29(35)27(32)28(25)34)17-19-8-2-1-3-9-19)26-22-12-6-4-10-20(22)14-15-21-11-5-7-13-23(21)26/h1-13,16,24,26,34H,14-15,17-18H2/t24-/m1/s1. The average molecular weight is 464 g/mol. The van der Waals surface area contributed by atoms with E-state index in [1.165, 1.54) is 22.3 Å². The van der Waals surface area contributed by atoms with Gasteiger partial charge in [-0.05, 0) is 40.7 Å². The van der Waals surface area contributed by atoms with Gasteiger partial charge in [-0.3, -0.25) is 14.3 Å². The molecule has 3 aromatic carbocycles. The highest BCUT2D eigenvalue weighted by Gasteiger charge is 2.41. The number of aromatic hydroxyl groups is 1. The van der Waals surface area contributed by atoms with Crippen molar-refractivity contribution in [2.45, 2.75) is 31.3 Å². The normalized spacial score (nSPS) is 17.3. The Labute approximate surface area is 203 Å². The number of benzene rings is 3. The number of carbonyl (C=O) groups is 1. The van der Waals surface area contributed by atoms with Crippen LogP contribution in [0.4, 0.5) is 0 Å². The minimum atomic E-state index is -0.647. The van der Waals surface area contributed by atoms with E-state index >= 15 is 0 Å². The molecular formula is C29H25N3O3. The lowest BCUT2D eigenvalue weighted by atomic mass is 9.81. The van der Waals surface area contributed by atoms with Crippen LogP contribution in [0.25, 0.3) is 0 Å². The Hall–Kier alpha value is -4.19. The maximum absolute atomic E-state index is 13.5. The number of carbonyl (C=O) groups excluding carboxylic acids is 1. The molecule has 1 amide bonds. The molecule has 6 nitrogen and oxygen atoms in total. The van der Waals surface area contributed by atoms with E-state index in [-0.39, 0.29) is 23.6 Å². The third-order valence-corrected chi connectivity index (χ3v) is 7.24. The molecule has 0 unspecified atom stereocenters. The summed E-state index contributed by atoms with van der Waals surface area (Å²) in [5.74, 6) is -1.02. The van der Waals surface area contributed by atoms with E-state index in [4.69, 9.17) is 0 Å². The van der Waals surface area contributed by atoms with Crippen LogP contribution in [0.1, 0.15) is 50.3 Å². The van der Waals surface area contributed by atoms with Crippen LogP contribution >= 0.6 is 0 Å². The van der Waals surface area contributed by atoms with E-state index < -0.39 is 11.2 Å². The maximum Gasteiger partial charge on any atom is 0.276 e. The van der Waals surface area contributed by atoms with Crippen molar-refractivity contribution in [1.29, 1.82) is 0 Å². The van der Waals surface area contributed by atoms with Crippen molar-refractivity contribution >= 4 is 5.91 Å². The van der Waals surface area contributed by atoms with Gasteiger partial charge in [-0.2, -0.15) is 5.10 Å². The summed E-state index contributed by atoms with van der Waals surface area (Å²) in [5, 5.41) is 15.1. The summed E-state index contributed by atoms with van der Waals surface area (Å²) < 4.78 is 1.59. The number of fused-ring (bicyclic) bond motifs is 3. The van der Waals surface area contributed by atoms with Gasteiger partial charge in [-0.25, -0.2) is 0 Å². The van der Waals surface area contributed by atoms with Crippen LogP contribution in [0.5, 0.6) is 5.75 Å². The van der Waals surface area contributed by atoms with Gasteiger partial charge in [-0.15, -0.1) is 0 Å². The summed E-state index contributed by atoms with van der Waals surface area (Å²) in [6.07, 6.45) is 2.97.